The van der Waals surface area contributed by atoms with Crippen LogP contribution in [-0.2, 0) is 5.41 Å². The Morgan fingerprint density at radius 2 is 1.72 bits per heavy atom. The first-order valence-electron chi connectivity index (χ1n) is 8.94. The van der Waals surface area contributed by atoms with E-state index in [0.717, 1.165) is 25.7 Å². The van der Waals surface area contributed by atoms with Gasteiger partial charge in [0.2, 0.25) is 0 Å². The maximum atomic E-state index is 12.5. The van der Waals surface area contributed by atoms with Crippen LogP contribution in [0.5, 0.6) is 5.75 Å². The molecule has 4 nitrogen and oxygen atoms in total. The minimum atomic E-state index is -0.218. The first-order chi connectivity index (χ1) is 12.1. The molecule has 3 N–H and O–H groups in total. The largest absolute Gasteiger partial charge is 0.507 e. The summed E-state index contributed by atoms with van der Waals surface area (Å²) in [5.41, 5.74) is 1.56. The lowest BCUT2D eigenvalue weighted by molar-refractivity contribution is 0.0932. The van der Waals surface area contributed by atoms with Gasteiger partial charge in [0.25, 0.3) is 5.91 Å². The Bertz CT molecular complexity index is 707. The molecule has 2 aromatic carbocycles. The van der Waals surface area contributed by atoms with Crippen molar-refractivity contribution < 1.29 is 9.90 Å². The highest BCUT2D eigenvalue weighted by atomic mass is 16.3. The van der Waals surface area contributed by atoms with Gasteiger partial charge in [0.15, 0.2) is 0 Å². The van der Waals surface area contributed by atoms with Crippen LogP contribution in [0.15, 0.2) is 54.6 Å². The van der Waals surface area contributed by atoms with Gasteiger partial charge in [0.05, 0.1) is 5.56 Å². The molecule has 0 heterocycles. The maximum Gasteiger partial charge on any atom is 0.255 e. The molecule has 1 saturated carbocycles. The van der Waals surface area contributed by atoms with E-state index in [9.17, 15) is 9.90 Å². The summed E-state index contributed by atoms with van der Waals surface area (Å²) in [7, 11) is 2.01. The molecule has 4 heteroatoms. The second-order valence-electron chi connectivity index (χ2n) is 6.91. The molecule has 0 spiro atoms. The summed E-state index contributed by atoms with van der Waals surface area (Å²) >= 11 is 0. The van der Waals surface area contributed by atoms with Crippen LogP contribution in [0.4, 0.5) is 0 Å². The number of para-hydroxylation sites is 1. The minimum Gasteiger partial charge on any atom is -0.507 e. The lowest BCUT2D eigenvalue weighted by atomic mass is 9.68. The monoisotopic (exact) mass is 338 g/mol. The average Bonchev–Trinajstić information content (AvgIpc) is 2.67. The van der Waals surface area contributed by atoms with E-state index in [4.69, 9.17) is 0 Å². The van der Waals surface area contributed by atoms with Gasteiger partial charge in [-0.25, -0.2) is 0 Å². The molecule has 132 valence electrons. The van der Waals surface area contributed by atoms with Crippen LogP contribution in [-0.4, -0.2) is 30.6 Å². The van der Waals surface area contributed by atoms with Crippen molar-refractivity contribution in [1.29, 1.82) is 0 Å². The predicted molar refractivity (Wildman–Crippen MR) is 99.9 cm³/mol. The number of carbonyl (C=O) groups is 1. The molecule has 0 bridgehead atoms. The van der Waals surface area contributed by atoms with Crippen molar-refractivity contribution in [2.75, 3.05) is 13.6 Å². The second kappa shape index (κ2) is 7.70. The van der Waals surface area contributed by atoms with Crippen LogP contribution in [0.2, 0.25) is 0 Å². The Labute approximate surface area is 149 Å². The first kappa shape index (κ1) is 17.5. The molecule has 0 atom stereocenters. The fourth-order valence-corrected chi connectivity index (χ4v) is 3.83. The molecule has 0 radical (unpaired) electrons. The maximum absolute atomic E-state index is 12.5. The van der Waals surface area contributed by atoms with Gasteiger partial charge in [-0.2, -0.15) is 0 Å². The summed E-state index contributed by atoms with van der Waals surface area (Å²) in [5, 5.41) is 16.3. The zero-order valence-corrected chi connectivity index (χ0v) is 14.7. The third-order valence-electron chi connectivity index (χ3n) is 5.47. The standard InChI is InChI=1S/C21H26N2O2/c1-22-17-11-13-21(14-12-17,16-7-3-2-4-8-16)15-23-20(25)18-9-5-6-10-19(18)24/h2-10,17,22,24H,11-15H2,1H3,(H,23,25). The third kappa shape index (κ3) is 3.85. The molecule has 1 aliphatic carbocycles. The number of carbonyl (C=O) groups excluding carboxylic acids is 1. The third-order valence-corrected chi connectivity index (χ3v) is 5.47. The highest BCUT2D eigenvalue weighted by Gasteiger charge is 2.36. The zero-order chi connectivity index (χ0) is 17.7. The van der Waals surface area contributed by atoms with E-state index in [1.807, 2.05) is 13.1 Å². The normalized spacial score (nSPS) is 23.2. The summed E-state index contributed by atoms with van der Waals surface area (Å²) in [4.78, 5) is 12.5. The number of hydrogen-bond donors (Lipinski definition) is 3. The van der Waals surface area contributed by atoms with Gasteiger partial charge in [0, 0.05) is 18.0 Å². The Balaban J connectivity index is 1.77. The number of benzene rings is 2. The Morgan fingerprint density at radius 1 is 1.08 bits per heavy atom. The average molecular weight is 338 g/mol. The van der Waals surface area contributed by atoms with Crippen molar-refractivity contribution in [2.24, 2.45) is 0 Å². The lowest BCUT2D eigenvalue weighted by Gasteiger charge is -2.41. The first-order valence-corrected chi connectivity index (χ1v) is 8.94. The van der Waals surface area contributed by atoms with Crippen molar-refractivity contribution >= 4 is 5.91 Å². The van der Waals surface area contributed by atoms with E-state index in [0.29, 0.717) is 18.2 Å². The van der Waals surface area contributed by atoms with Crippen LogP contribution >= 0.6 is 0 Å². The summed E-state index contributed by atoms with van der Waals surface area (Å²) < 4.78 is 0. The van der Waals surface area contributed by atoms with Gasteiger partial charge in [-0.15, -0.1) is 0 Å². The van der Waals surface area contributed by atoms with E-state index >= 15 is 0 Å². The number of amides is 1. The minimum absolute atomic E-state index is 0.0210. The fourth-order valence-electron chi connectivity index (χ4n) is 3.83. The van der Waals surface area contributed by atoms with Crippen LogP contribution in [0.3, 0.4) is 0 Å². The highest BCUT2D eigenvalue weighted by molar-refractivity contribution is 5.96. The Hall–Kier alpha value is -2.33. The quantitative estimate of drug-likeness (QED) is 0.784. The molecule has 3 rings (SSSR count). The smallest absolute Gasteiger partial charge is 0.255 e. The number of aromatic hydroxyl groups is 1. The summed E-state index contributed by atoms with van der Waals surface area (Å²) in [6.07, 6.45) is 4.25. The summed E-state index contributed by atoms with van der Waals surface area (Å²) in [5.74, 6) is -0.197. The van der Waals surface area contributed by atoms with E-state index in [-0.39, 0.29) is 17.1 Å². The SMILES string of the molecule is CNC1CCC(CNC(=O)c2ccccc2O)(c2ccccc2)CC1. The molecule has 2 aromatic rings. The molecule has 1 amide bonds. The number of phenols is 1. The molecule has 1 aliphatic rings. The molecule has 1 fully saturated rings. The number of nitrogens with one attached hydrogen (secondary N) is 2. The molecular weight excluding hydrogens is 312 g/mol. The van der Waals surface area contributed by atoms with E-state index in [2.05, 4.69) is 34.9 Å². The van der Waals surface area contributed by atoms with Crippen molar-refractivity contribution in [3.8, 4) is 5.75 Å². The molecule has 0 aromatic heterocycles. The van der Waals surface area contributed by atoms with Gasteiger partial charge in [0.1, 0.15) is 5.75 Å². The van der Waals surface area contributed by atoms with Crippen LogP contribution in [0.25, 0.3) is 0 Å². The van der Waals surface area contributed by atoms with Crippen molar-refractivity contribution in [2.45, 2.75) is 37.1 Å². The van der Waals surface area contributed by atoms with Crippen LogP contribution in [0, 0.1) is 0 Å². The Kier molecular flexibility index (Phi) is 5.39. The zero-order valence-electron chi connectivity index (χ0n) is 14.7. The number of hydrogen-bond acceptors (Lipinski definition) is 3. The van der Waals surface area contributed by atoms with Crippen molar-refractivity contribution in [1.82, 2.24) is 10.6 Å². The summed E-state index contributed by atoms with van der Waals surface area (Å²) in [6.45, 7) is 0.584. The van der Waals surface area contributed by atoms with Gasteiger partial charge in [-0.1, -0.05) is 42.5 Å². The molecule has 25 heavy (non-hydrogen) atoms. The molecule has 0 aliphatic heterocycles. The predicted octanol–water partition coefficient (Wildman–Crippen LogP) is 3.22. The van der Waals surface area contributed by atoms with Gasteiger partial charge >= 0.3 is 0 Å². The number of rotatable bonds is 5. The van der Waals surface area contributed by atoms with E-state index in [1.165, 1.54) is 5.56 Å². The molecule has 0 saturated heterocycles. The molecule has 0 unspecified atom stereocenters. The van der Waals surface area contributed by atoms with Crippen molar-refractivity contribution in [3.05, 3.63) is 65.7 Å². The fraction of sp³-hybridized carbons (Fsp3) is 0.381. The van der Waals surface area contributed by atoms with Crippen LogP contribution < -0.4 is 10.6 Å². The number of phenolic OH excluding ortho intramolecular Hbond substituents is 1. The van der Waals surface area contributed by atoms with Gasteiger partial charge in [-0.05, 0) is 50.4 Å². The van der Waals surface area contributed by atoms with Crippen molar-refractivity contribution in [3.63, 3.8) is 0 Å². The Morgan fingerprint density at radius 3 is 2.36 bits per heavy atom. The van der Waals surface area contributed by atoms with Gasteiger partial charge in [-0.3, -0.25) is 4.79 Å². The second-order valence-corrected chi connectivity index (χ2v) is 6.91. The van der Waals surface area contributed by atoms with Gasteiger partial charge < -0.3 is 15.7 Å². The summed E-state index contributed by atoms with van der Waals surface area (Å²) in [6, 6.07) is 17.7. The topological polar surface area (TPSA) is 61.4 Å². The van der Waals surface area contributed by atoms with E-state index in [1.54, 1.807) is 24.3 Å². The lowest BCUT2D eigenvalue weighted by Crippen LogP contribution is -2.46. The molecular formula is C21H26N2O2. The van der Waals surface area contributed by atoms with Crippen LogP contribution in [0.1, 0.15) is 41.6 Å². The highest BCUT2D eigenvalue weighted by Crippen LogP contribution is 2.39. The van der Waals surface area contributed by atoms with E-state index < -0.39 is 0 Å².